The Hall–Kier alpha value is -1.80. The van der Waals surface area contributed by atoms with Crippen LogP contribution in [0.3, 0.4) is 0 Å². The number of anilines is 1. The third-order valence-corrected chi connectivity index (χ3v) is 4.06. The third-order valence-electron chi connectivity index (χ3n) is 4.06. The maximum atomic E-state index is 12.5. The maximum Gasteiger partial charge on any atom is 0.415 e. The SMILES string of the molecule is COc1ccc(C)cc1NC(=O)[C@H]1CCCN1C[C@H](O)C(F)(F)F. The van der Waals surface area contributed by atoms with Gasteiger partial charge in [0.05, 0.1) is 18.8 Å². The van der Waals surface area contributed by atoms with Crippen molar-refractivity contribution in [2.75, 3.05) is 25.5 Å². The minimum Gasteiger partial charge on any atom is -0.495 e. The van der Waals surface area contributed by atoms with E-state index in [0.29, 0.717) is 30.8 Å². The number of benzene rings is 1. The number of aryl methyl sites for hydroxylation is 1. The van der Waals surface area contributed by atoms with E-state index in [9.17, 15) is 23.1 Å². The average molecular weight is 346 g/mol. The summed E-state index contributed by atoms with van der Waals surface area (Å²) in [6, 6.07) is 4.58. The van der Waals surface area contributed by atoms with Gasteiger partial charge in [0.1, 0.15) is 5.75 Å². The molecule has 1 saturated heterocycles. The van der Waals surface area contributed by atoms with Gasteiger partial charge in [-0.2, -0.15) is 13.2 Å². The summed E-state index contributed by atoms with van der Waals surface area (Å²) >= 11 is 0. The van der Waals surface area contributed by atoms with Crippen molar-refractivity contribution in [3.63, 3.8) is 0 Å². The molecule has 0 aliphatic carbocycles. The minimum absolute atomic E-state index is 0.343. The lowest BCUT2D eigenvalue weighted by molar-refractivity contribution is -0.208. The number of aliphatic hydroxyl groups is 1. The fourth-order valence-electron chi connectivity index (χ4n) is 2.80. The minimum atomic E-state index is -4.69. The number of nitrogens with one attached hydrogen (secondary N) is 1. The van der Waals surface area contributed by atoms with Gasteiger partial charge >= 0.3 is 6.18 Å². The molecule has 1 aromatic carbocycles. The van der Waals surface area contributed by atoms with E-state index in [2.05, 4.69) is 5.32 Å². The highest BCUT2D eigenvalue weighted by atomic mass is 19.4. The van der Waals surface area contributed by atoms with Gasteiger partial charge in [-0.1, -0.05) is 6.07 Å². The Morgan fingerprint density at radius 3 is 2.83 bits per heavy atom. The molecule has 2 N–H and O–H groups in total. The molecule has 8 heteroatoms. The van der Waals surface area contributed by atoms with Gasteiger partial charge in [0, 0.05) is 6.54 Å². The zero-order chi connectivity index (χ0) is 17.9. The van der Waals surface area contributed by atoms with Crippen molar-refractivity contribution in [1.82, 2.24) is 4.90 Å². The molecule has 1 amide bonds. The standard InChI is InChI=1S/C16H21F3N2O3/c1-10-5-6-13(24-2)11(8-10)20-15(23)12-4-3-7-21(12)9-14(22)16(17,18)19/h5-6,8,12,14,22H,3-4,7,9H2,1-2H3,(H,20,23)/t12-,14+/m1/s1. The van der Waals surface area contributed by atoms with Crippen LogP contribution in [0.1, 0.15) is 18.4 Å². The number of halogens is 3. The lowest BCUT2D eigenvalue weighted by Crippen LogP contribution is -2.46. The summed E-state index contributed by atoms with van der Waals surface area (Å²) in [6.45, 7) is 1.60. The van der Waals surface area contributed by atoms with Crippen molar-refractivity contribution in [2.45, 2.75) is 38.1 Å². The molecule has 2 atom stereocenters. The van der Waals surface area contributed by atoms with Crippen molar-refractivity contribution >= 4 is 11.6 Å². The molecule has 0 radical (unpaired) electrons. The van der Waals surface area contributed by atoms with Crippen molar-refractivity contribution in [2.24, 2.45) is 0 Å². The number of methoxy groups -OCH3 is 1. The molecule has 1 aromatic rings. The number of alkyl halides is 3. The Bertz CT molecular complexity index is 592. The van der Waals surface area contributed by atoms with Gasteiger partial charge in [0.25, 0.3) is 0 Å². The van der Waals surface area contributed by atoms with Crippen LogP contribution in [0.5, 0.6) is 5.75 Å². The van der Waals surface area contributed by atoms with Crippen LogP contribution in [-0.4, -0.2) is 54.4 Å². The molecular weight excluding hydrogens is 325 g/mol. The highest BCUT2D eigenvalue weighted by molar-refractivity contribution is 5.96. The molecule has 0 aromatic heterocycles. The Morgan fingerprint density at radius 1 is 1.50 bits per heavy atom. The first-order valence-corrected chi connectivity index (χ1v) is 7.66. The van der Waals surface area contributed by atoms with Crippen LogP contribution < -0.4 is 10.1 Å². The van der Waals surface area contributed by atoms with E-state index in [1.807, 2.05) is 13.0 Å². The maximum absolute atomic E-state index is 12.5. The summed E-state index contributed by atoms with van der Waals surface area (Å²) in [5.74, 6) is 0.0830. The summed E-state index contributed by atoms with van der Waals surface area (Å²) in [7, 11) is 1.47. The molecule has 0 saturated carbocycles. The number of nitrogens with zero attached hydrogens (tertiary/aromatic N) is 1. The molecule has 24 heavy (non-hydrogen) atoms. The van der Waals surface area contributed by atoms with E-state index in [-0.39, 0.29) is 0 Å². The second-order valence-electron chi connectivity index (χ2n) is 5.90. The number of amides is 1. The van der Waals surface area contributed by atoms with Crippen molar-refractivity contribution in [3.8, 4) is 5.75 Å². The number of likely N-dealkylation sites (tertiary alicyclic amines) is 1. The molecule has 5 nitrogen and oxygen atoms in total. The summed E-state index contributed by atoms with van der Waals surface area (Å²) in [4.78, 5) is 13.8. The van der Waals surface area contributed by atoms with E-state index in [0.717, 1.165) is 5.56 Å². The average Bonchev–Trinajstić information content (AvgIpc) is 2.94. The van der Waals surface area contributed by atoms with Crippen molar-refractivity contribution < 1.29 is 27.8 Å². The molecule has 0 unspecified atom stereocenters. The zero-order valence-electron chi connectivity index (χ0n) is 13.6. The van der Waals surface area contributed by atoms with E-state index in [4.69, 9.17) is 4.74 Å². The molecule has 1 fully saturated rings. The number of rotatable bonds is 5. The van der Waals surface area contributed by atoms with Gasteiger partial charge in [-0.25, -0.2) is 0 Å². The number of ether oxygens (including phenoxy) is 1. The Morgan fingerprint density at radius 2 is 2.21 bits per heavy atom. The van der Waals surface area contributed by atoms with Crippen LogP contribution in [0.2, 0.25) is 0 Å². The van der Waals surface area contributed by atoms with Crippen LogP contribution in [0.4, 0.5) is 18.9 Å². The van der Waals surface area contributed by atoms with Crippen LogP contribution >= 0.6 is 0 Å². The summed E-state index contributed by atoms with van der Waals surface area (Å²) in [5.41, 5.74) is 1.40. The van der Waals surface area contributed by atoms with E-state index in [1.54, 1.807) is 12.1 Å². The van der Waals surface area contributed by atoms with Crippen LogP contribution in [0.15, 0.2) is 18.2 Å². The Balaban J connectivity index is 2.07. The largest absolute Gasteiger partial charge is 0.495 e. The predicted molar refractivity (Wildman–Crippen MR) is 83.0 cm³/mol. The summed E-state index contributed by atoms with van der Waals surface area (Å²) in [6.07, 6.45) is -6.10. The normalized spacial score (nSPS) is 20.0. The topological polar surface area (TPSA) is 61.8 Å². The van der Waals surface area contributed by atoms with Crippen molar-refractivity contribution in [3.05, 3.63) is 23.8 Å². The predicted octanol–water partition coefficient (Wildman–Crippen LogP) is 2.33. The van der Waals surface area contributed by atoms with Gasteiger partial charge in [-0.15, -0.1) is 0 Å². The quantitative estimate of drug-likeness (QED) is 0.859. The lowest BCUT2D eigenvalue weighted by atomic mass is 10.1. The number of β-amino-alcohol motifs (C(OH)–C–C–N with tert-alkyl or cyclic N) is 1. The first-order chi connectivity index (χ1) is 11.2. The highest BCUT2D eigenvalue weighted by Gasteiger charge is 2.42. The van der Waals surface area contributed by atoms with Gasteiger partial charge in [-0.05, 0) is 44.0 Å². The summed E-state index contributed by atoms with van der Waals surface area (Å²) in [5, 5.41) is 12.0. The number of hydrogen-bond acceptors (Lipinski definition) is 4. The van der Waals surface area contributed by atoms with E-state index in [1.165, 1.54) is 12.0 Å². The number of aliphatic hydroxyl groups excluding tert-OH is 1. The molecule has 2 rings (SSSR count). The van der Waals surface area contributed by atoms with Gasteiger partial charge in [-0.3, -0.25) is 9.69 Å². The highest BCUT2D eigenvalue weighted by Crippen LogP contribution is 2.28. The molecule has 134 valence electrons. The Labute approximate surface area is 138 Å². The first kappa shape index (κ1) is 18.5. The second kappa shape index (κ2) is 7.40. The molecule has 1 heterocycles. The van der Waals surface area contributed by atoms with Gasteiger partial charge in [0.15, 0.2) is 6.10 Å². The smallest absolute Gasteiger partial charge is 0.415 e. The lowest BCUT2D eigenvalue weighted by Gasteiger charge is -2.27. The van der Waals surface area contributed by atoms with E-state index >= 15 is 0 Å². The molecule has 1 aliphatic rings. The molecular formula is C16H21F3N2O3. The molecule has 1 aliphatic heterocycles. The fourth-order valence-corrected chi connectivity index (χ4v) is 2.80. The molecule has 0 bridgehead atoms. The van der Waals surface area contributed by atoms with Crippen molar-refractivity contribution in [1.29, 1.82) is 0 Å². The number of carbonyl (C=O) groups excluding carboxylic acids is 1. The Kier molecular flexibility index (Phi) is 5.71. The van der Waals surface area contributed by atoms with E-state index < -0.39 is 30.8 Å². The van der Waals surface area contributed by atoms with Crippen LogP contribution in [0.25, 0.3) is 0 Å². The third kappa shape index (κ3) is 4.39. The molecule has 0 spiro atoms. The number of hydrogen-bond donors (Lipinski definition) is 2. The fraction of sp³-hybridized carbons (Fsp3) is 0.562. The zero-order valence-corrected chi connectivity index (χ0v) is 13.6. The van der Waals surface area contributed by atoms with Crippen LogP contribution in [-0.2, 0) is 4.79 Å². The monoisotopic (exact) mass is 346 g/mol. The first-order valence-electron chi connectivity index (χ1n) is 7.66. The van der Waals surface area contributed by atoms with Gasteiger partial charge < -0.3 is 15.2 Å². The van der Waals surface area contributed by atoms with Gasteiger partial charge in [0.2, 0.25) is 5.91 Å². The summed E-state index contributed by atoms with van der Waals surface area (Å²) < 4.78 is 42.8. The second-order valence-corrected chi connectivity index (χ2v) is 5.90. The number of carbonyl (C=O) groups is 1. The van der Waals surface area contributed by atoms with Crippen LogP contribution in [0, 0.1) is 6.92 Å².